The number of carbonyl (C=O) groups excluding carboxylic acids is 1. The fourth-order valence-electron chi connectivity index (χ4n) is 2.07. The number of para-hydroxylation sites is 1. The second-order valence-electron chi connectivity index (χ2n) is 4.80. The lowest BCUT2D eigenvalue weighted by molar-refractivity contribution is -0.121. The van der Waals surface area contributed by atoms with E-state index in [-0.39, 0.29) is 11.7 Å². The Morgan fingerprint density at radius 2 is 2.11 bits per heavy atom. The number of carbonyl (C=O) groups is 1. The molecule has 0 aliphatic heterocycles. The van der Waals surface area contributed by atoms with Crippen LogP contribution in [0.4, 0.5) is 0 Å². The Kier molecular flexibility index (Phi) is 6.97. The Morgan fingerprint density at radius 1 is 1.37 bits per heavy atom. The Bertz CT molecular complexity index is 393. The summed E-state index contributed by atoms with van der Waals surface area (Å²) in [7, 11) is 0. The number of benzene rings is 1. The van der Waals surface area contributed by atoms with Gasteiger partial charge in [0, 0.05) is 18.5 Å². The summed E-state index contributed by atoms with van der Waals surface area (Å²) >= 11 is 0. The van der Waals surface area contributed by atoms with Crippen molar-refractivity contribution in [2.75, 3.05) is 6.54 Å². The molecule has 106 valence electrons. The Morgan fingerprint density at radius 3 is 2.74 bits per heavy atom. The fourth-order valence-corrected chi connectivity index (χ4v) is 2.07. The van der Waals surface area contributed by atoms with Gasteiger partial charge >= 0.3 is 0 Å². The lowest BCUT2D eigenvalue weighted by Crippen LogP contribution is -2.23. The predicted molar refractivity (Wildman–Crippen MR) is 76.6 cm³/mol. The Hall–Kier alpha value is -1.55. The molecule has 0 bridgehead atoms. The van der Waals surface area contributed by atoms with E-state index in [1.165, 1.54) is 0 Å². The summed E-state index contributed by atoms with van der Waals surface area (Å²) in [5.74, 6) is 0.775. The molecule has 4 heteroatoms. The van der Waals surface area contributed by atoms with Crippen molar-refractivity contribution >= 4 is 5.91 Å². The third-order valence-corrected chi connectivity index (χ3v) is 3.40. The van der Waals surface area contributed by atoms with Crippen molar-refractivity contribution in [2.45, 2.75) is 39.2 Å². The first-order valence-electron chi connectivity index (χ1n) is 6.91. The number of aromatic hydroxyl groups is 1. The quantitative estimate of drug-likeness (QED) is 0.673. The van der Waals surface area contributed by atoms with E-state index < -0.39 is 0 Å². The molecule has 0 aliphatic rings. The number of phenols is 1. The Labute approximate surface area is 115 Å². The van der Waals surface area contributed by atoms with E-state index in [1.807, 2.05) is 6.07 Å². The number of nitrogens with two attached hydrogens (primary N) is 1. The van der Waals surface area contributed by atoms with E-state index in [1.54, 1.807) is 18.2 Å². The molecular formula is C15H24N2O2. The van der Waals surface area contributed by atoms with Crippen LogP contribution in [0.1, 0.15) is 38.2 Å². The highest BCUT2D eigenvalue weighted by atomic mass is 16.3. The van der Waals surface area contributed by atoms with Crippen LogP contribution < -0.4 is 11.1 Å². The molecule has 1 amide bonds. The molecule has 4 N–H and O–H groups in total. The summed E-state index contributed by atoms with van der Waals surface area (Å²) in [4.78, 5) is 11.7. The molecule has 1 rings (SSSR count). The molecule has 1 unspecified atom stereocenters. The van der Waals surface area contributed by atoms with Gasteiger partial charge in [-0.05, 0) is 31.4 Å². The highest BCUT2D eigenvalue weighted by Gasteiger charge is 2.09. The maximum absolute atomic E-state index is 11.7. The van der Waals surface area contributed by atoms with Crippen molar-refractivity contribution in [1.29, 1.82) is 0 Å². The summed E-state index contributed by atoms with van der Waals surface area (Å²) in [6.07, 6.45) is 3.43. The van der Waals surface area contributed by atoms with Crippen molar-refractivity contribution in [2.24, 2.45) is 11.7 Å². The van der Waals surface area contributed by atoms with Gasteiger partial charge in [-0.1, -0.05) is 31.5 Å². The number of amides is 1. The smallest absolute Gasteiger partial charge is 0.220 e. The molecular weight excluding hydrogens is 240 g/mol. The zero-order chi connectivity index (χ0) is 14.1. The minimum atomic E-state index is 0.0266. The van der Waals surface area contributed by atoms with E-state index in [4.69, 9.17) is 5.73 Å². The molecule has 0 fully saturated rings. The summed E-state index contributed by atoms with van der Waals surface area (Å²) in [5.41, 5.74) is 6.27. The van der Waals surface area contributed by atoms with Crippen molar-refractivity contribution in [3.63, 3.8) is 0 Å². The van der Waals surface area contributed by atoms with Crippen LogP contribution in [0.25, 0.3) is 0 Å². The molecule has 0 spiro atoms. The van der Waals surface area contributed by atoms with Gasteiger partial charge in [0.05, 0.1) is 0 Å². The van der Waals surface area contributed by atoms with Crippen molar-refractivity contribution in [3.8, 4) is 5.75 Å². The molecule has 0 aromatic heterocycles. The predicted octanol–water partition coefficient (Wildman–Crippen LogP) is 2.16. The zero-order valence-corrected chi connectivity index (χ0v) is 11.6. The second kappa shape index (κ2) is 8.53. The van der Waals surface area contributed by atoms with Gasteiger partial charge in [0.15, 0.2) is 0 Å². The molecule has 19 heavy (non-hydrogen) atoms. The average Bonchev–Trinajstić information content (AvgIpc) is 2.42. The van der Waals surface area contributed by atoms with Crippen LogP contribution in [0.3, 0.4) is 0 Å². The largest absolute Gasteiger partial charge is 0.508 e. The monoisotopic (exact) mass is 264 g/mol. The molecule has 0 aliphatic carbocycles. The van der Waals surface area contributed by atoms with Gasteiger partial charge in [-0.25, -0.2) is 0 Å². The van der Waals surface area contributed by atoms with Crippen LogP contribution in [0, 0.1) is 5.92 Å². The van der Waals surface area contributed by atoms with Crippen LogP contribution in [0.2, 0.25) is 0 Å². The summed E-state index contributed by atoms with van der Waals surface area (Å²) in [6, 6.07) is 7.03. The van der Waals surface area contributed by atoms with Gasteiger partial charge in [0.2, 0.25) is 5.91 Å². The first kappa shape index (κ1) is 15.5. The van der Waals surface area contributed by atoms with E-state index in [9.17, 15) is 9.90 Å². The second-order valence-corrected chi connectivity index (χ2v) is 4.80. The van der Waals surface area contributed by atoms with Gasteiger partial charge in [0.25, 0.3) is 0 Å². The molecule has 0 saturated heterocycles. The van der Waals surface area contributed by atoms with Crippen LogP contribution in [-0.2, 0) is 11.3 Å². The average molecular weight is 264 g/mol. The van der Waals surface area contributed by atoms with Crippen molar-refractivity contribution in [3.05, 3.63) is 29.8 Å². The normalized spacial score (nSPS) is 12.1. The van der Waals surface area contributed by atoms with E-state index in [0.717, 1.165) is 24.8 Å². The fraction of sp³-hybridized carbons (Fsp3) is 0.533. The lowest BCUT2D eigenvalue weighted by atomic mass is 9.96. The molecule has 0 heterocycles. The van der Waals surface area contributed by atoms with Gasteiger partial charge < -0.3 is 16.2 Å². The first-order valence-corrected chi connectivity index (χ1v) is 6.91. The third kappa shape index (κ3) is 5.75. The molecule has 0 radical (unpaired) electrons. The van der Waals surface area contributed by atoms with Crippen molar-refractivity contribution < 1.29 is 9.90 Å². The zero-order valence-electron chi connectivity index (χ0n) is 11.6. The minimum absolute atomic E-state index is 0.0266. The third-order valence-electron chi connectivity index (χ3n) is 3.40. The van der Waals surface area contributed by atoms with Gasteiger partial charge in [-0.2, -0.15) is 0 Å². The van der Waals surface area contributed by atoms with Crippen LogP contribution in [-0.4, -0.2) is 17.6 Å². The van der Waals surface area contributed by atoms with Gasteiger partial charge in [0.1, 0.15) is 5.75 Å². The first-order chi connectivity index (χ1) is 9.17. The maximum Gasteiger partial charge on any atom is 0.220 e. The molecule has 1 atom stereocenters. The van der Waals surface area contributed by atoms with E-state index >= 15 is 0 Å². The molecule has 4 nitrogen and oxygen atoms in total. The number of phenolic OH excluding ortho intramolecular Hbond substituents is 1. The molecule has 1 aromatic carbocycles. The SMILES string of the molecule is CCC(CCN)CCC(=O)NCc1ccccc1O. The van der Waals surface area contributed by atoms with E-state index in [2.05, 4.69) is 12.2 Å². The van der Waals surface area contributed by atoms with E-state index in [0.29, 0.717) is 25.4 Å². The van der Waals surface area contributed by atoms with Gasteiger partial charge in [-0.15, -0.1) is 0 Å². The number of hydrogen-bond donors (Lipinski definition) is 3. The van der Waals surface area contributed by atoms with Crippen molar-refractivity contribution in [1.82, 2.24) is 5.32 Å². The minimum Gasteiger partial charge on any atom is -0.508 e. The summed E-state index contributed by atoms with van der Waals surface area (Å²) in [6.45, 7) is 3.18. The van der Waals surface area contributed by atoms with Gasteiger partial charge in [-0.3, -0.25) is 4.79 Å². The lowest BCUT2D eigenvalue weighted by Gasteiger charge is -2.13. The van der Waals surface area contributed by atoms with Crippen LogP contribution in [0.15, 0.2) is 24.3 Å². The Balaban J connectivity index is 2.30. The number of rotatable bonds is 8. The molecule has 1 aromatic rings. The number of nitrogens with one attached hydrogen (secondary N) is 1. The summed E-state index contributed by atoms with van der Waals surface area (Å²) in [5, 5.41) is 12.4. The van der Waals surface area contributed by atoms with Crippen LogP contribution >= 0.6 is 0 Å². The maximum atomic E-state index is 11.7. The number of hydrogen-bond acceptors (Lipinski definition) is 3. The van der Waals surface area contributed by atoms with Crippen LogP contribution in [0.5, 0.6) is 5.75 Å². The topological polar surface area (TPSA) is 75.4 Å². The molecule has 0 saturated carbocycles. The standard InChI is InChI=1S/C15H24N2O2/c1-2-12(9-10-16)7-8-15(19)17-11-13-5-3-4-6-14(13)18/h3-6,12,18H,2,7-11,16H2,1H3,(H,17,19). The highest BCUT2D eigenvalue weighted by molar-refractivity contribution is 5.75. The summed E-state index contributed by atoms with van der Waals surface area (Å²) < 4.78 is 0. The highest BCUT2D eigenvalue weighted by Crippen LogP contribution is 2.16.